The number of aryl methyl sites for hydroxylation is 3. The molecule has 0 aliphatic rings. The second kappa shape index (κ2) is 6.84. The van der Waals surface area contributed by atoms with E-state index in [9.17, 15) is 4.79 Å². The van der Waals surface area contributed by atoms with E-state index < -0.39 is 0 Å². The molecule has 0 atom stereocenters. The minimum Gasteiger partial charge on any atom is -0.317 e. The first-order valence-electron chi connectivity index (χ1n) is 9.01. The van der Waals surface area contributed by atoms with Crippen LogP contribution in [0.4, 0.5) is 0 Å². The van der Waals surface area contributed by atoms with Gasteiger partial charge in [-0.05, 0) is 67.1 Å². The molecule has 3 rings (SSSR count). The summed E-state index contributed by atoms with van der Waals surface area (Å²) < 4.78 is 3.29. The van der Waals surface area contributed by atoms with E-state index >= 15 is 0 Å². The minimum absolute atomic E-state index is 0.0746. The first-order valence-corrected chi connectivity index (χ1v) is 9.82. The monoisotopic (exact) mass is 366 g/mol. The molecule has 1 aromatic heterocycles. The molecule has 0 spiro atoms. The number of nitrogens with zero attached hydrogens (tertiary/aromatic N) is 2. The zero-order valence-corrected chi connectivity index (χ0v) is 17.2. The van der Waals surface area contributed by atoms with Crippen LogP contribution in [0.2, 0.25) is 0 Å². The average molecular weight is 367 g/mol. The van der Waals surface area contributed by atoms with Crippen molar-refractivity contribution < 1.29 is 4.79 Å². The molecule has 136 valence electrons. The van der Waals surface area contributed by atoms with Crippen molar-refractivity contribution in [3.8, 4) is 0 Å². The summed E-state index contributed by atoms with van der Waals surface area (Å²) in [6, 6.07) is 12.2. The summed E-state index contributed by atoms with van der Waals surface area (Å²) in [5.74, 6) is -0.187. The fourth-order valence-corrected chi connectivity index (χ4v) is 4.15. The number of amides is 1. The Morgan fingerprint density at radius 2 is 1.69 bits per heavy atom. The van der Waals surface area contributed by atoms with Gasteiger partial charge in [0, 0.05) is 12.1 Å². The van der Waals surface area contributed by atoms with Crippen LogP contribution in [-0.4, -0.2) is 10.5 Å². The minimum atomic E-state index is -0.187. The predicted octanol–water partition coefficient (Wildman–Crippen LogP) is 5.38. The van der Waals surface area contributed by atoms with Gasteiger partial charge in [0.1, 0.15) is 0 Å². The molecule has 0 radical (unpaired) electrons. The van der Waals surface area contributed by atoms with Gasteiger partial charge in [-0.2, -0.15) is 4.99 Å². The van der Waals surface area contributed by atoms with Crippen LogP contribution in [0.5, 0.6) is 0 Å². The Labute approximate surface area is 159 Å². The fraction of sp³-hybridized carbons (Fsp3) is 0.364. The molecule has 3 nitrogen and oxygen atoms in total. The number of rotatable bonds is 2. The standard InChI is InChI=1S/C22H26N2OS/c1-7-24-18-12-14(2)15(3)13-19(18)26-21(24)23-20(25)16-8-10-17(11-9-16)22(4,5)6/h8-13H,7H2,1-6H3. The Morgan fingerprint density at radius 1 is 1.08 bits per heavy atom. The summed E-state index contributed by atoms with van der Waals surface area (Å²) in [5.41, 5.74) is 5.59. The number of hydrogen-bond donors (Lipinski definition) is 0. The van der Waals surface area contributed by atoms with Crippen molar-refractivity contribution in [3.63, 3.8) is 0 Å². The highest BCUT2D eigenvalue weighted by molar-refractivity contribution is 7.16. The number of hydrogen-bond acceptors (Lipinski definition) is 2. The Morgan fingerprint density at radius 3 is 2.27 bits per heavy atom. The second-order valence-corrected chi connectivity index (χ2v) is 8.79. The van der Waals surface area contributed by atoms with Crippen LogP contribution in [0.1, 0.15) is 54.7 Å². The molecule has 0 N–H and O–H groups in total. The lowest BCUT2D eigenvalue weighted by molar-refractivity contribution is 0.0998. The molecule has 0 aliphatic carbocycles. The smallest absolute Gasteiger partial charge is 0.279 e. The van der Waals surface area contributed by atoms with Gasteiger partial charge in [0.15, 0.2) is 4.80 Å². The van der Waals surface area contributed by atoms with E-state index in [1.165, 1.54) is 21.4 Å². The second-order valence-electron chi connectivity index (χ2n) is 7.78. The summed E-state index contributed by atoms with van der Waals surface area (Å²) in [5, 5.41) is 0. The van der Waals surface area contributed by atoms with E-state index in [4.69, 9.17) is 0 Å². The van der Waals surface area contributed by atoms with Crippen LogP contribution >= 0.6 is 11.3 Å². The highest BCUT2D eigenvalue weighted by Crippen LogP contribution is 2.23. The molecule has 0 bridgehead atoms. The third-order valence-corrected chi connectivity index (χ3v) is 5.85. The van der Waals surface area contributed by atoms with Crippen LogP contribution in [0.25, 0.3) is 10.2 Å². The number of benzene rings is 2. The van der Waals surface area contributed by atoms with Gasteiger partial charge in [0.05, 0.1) is 10.2 Å². The zero-order chi connectivity index (χ0) is 19.1. The molecule has 1 amide bonds. The summed E-state index contributed by atoms with van der Waals surface area (Å²) in [6.07, 6.45) is 0. The maximum Gasteiger partial charge on any atom is 0.279 e. The van der Waals surface area contributed by atoms with Crippen LogP contribution in [0.15, 0.2) is 41.4 Å². The Kier molecular flexibility index (Phi) is 4.89. The number of fused-ring (bicyclic) bond motifs is 1. The van der Waals surface area contributed by atoms with Gasteiger partial charge in [-0.15, -0.1) is 0 Å². The van der Waals surface area contributed by atoms with Crippen molar-refractivity contribution in [1.29, 1.82) is 0 Å². The first-order chi connectivity index (χ1) is 12.2. The summed E-state index contributed by atoms with van der Waals surface area (Å²) in [6.45, 7) is 13.6. The summed E-state index contributed by atoms with van der Waals surface area (Å²) in [7, 11) is 0. The highest BCUT2D eigenvalue weighted by atomic mass is 32.1. The van der Waals surface area contributed by atoms with Crippen molar-refractivity contribution in [1.82, 2.24) is 4.57 Å². The van der Waals surface area contributed by atoms with Crippen molar-refractivity contribution >= 4 is 27.5 Å². The van der Waals surface area contributed by atoms with Crippen LogP contribution in [0, 0.1) is 13.8 Å². The van der Waals surface area contributed by atoms with E-state index in [1.54, 1.807) is 11.3 Å². The molecule has 3 aromatic rings. The topological polar surface area (TPSA) is 34.4 Å². The molecular formula is C22H26N2OS. The summed E-state index contributed by atoms with van der Waals surface area (Å²) in [4.78, 5) is 17.9. The molecule has 0 unspecified atom stereocenters. The van der Waals surface area contributed by atoms with Gasteiger partial charge in [-0.3, -0.25) is 4.79 Å². The lowest BCUT2D eigenvalue weighted by atomic mass is 9.87. The van der Waals surface area contributed by atoms with E-state index in [2.05, 4.69) is 63.2 Å². The lowest BCUT2D eigenvalue weighted by Crippen LogP contribution is -2.16. The number of carbonyl (C=O) groups excluding carboxylic acids is 1. The van der Waals surface area contributed by atoms with Gasteiger partial charge in [-0.25, -0.2) is 0 Å². The number of thiazole rings is 1. The van der Waals surface area contributed by atoms with Crippen LogP contribution < -0.4 is 4.80 Å². The Balaban J connectivity index is 2.05. The zero-order valence-electron chi connectivity index (χ0n) is 16.4. The maximum absolute atomic E-state index is 12.7. The molecule has 26 heavy (non-hydrogen) atoms. The number of carbonyl (C=O) groups is 1. The molecule has 1 heterocycles. The van der Waals surface area contributed by atoms with Gasteiger partial charge in [-0.1, -0.05) is 44.2 Å². The largest absolute Gasteiger partial charge is 0.317 e. The van der Waals surface area contributed by atoms with E-state index in [-0.39, 0.29) is 11.3 Å². The van der Waals surface area contributed by atoms with Crippen LogP contribution in [0.3, 0.4) is 0 Å². The fourth-order valence-electron chi connectivity index (χ4n) is 2.98. The third kappa shape index (κ3) is 3.51. The lowest BCUT2D eigenvalue weighted by Gasteiger charge is -2.18. The maximum atomic E-state index is 12.7. The first kappa shape index (κ1) is 18.6. The Hall–Kier alpha value is -2.20. The molecular weight excluding hydrogens is 340 g/mol. The molecule has 0 fully saturated rings. The van der Waals surface area contributed by atoms with Gasteiger partial charge >= 0.3 is 0 Å². The van der Waals surface area contributed by atoms with E-state index in [0.717, 1.165) is 16.9 Å². The SMILES string of the molecule is CCn1c(=NC(=O)c2ccc(C(C)(C)C)cc2)sc2cc(C)c(C)cc21. The molecule has 2 aromatic carbocycles. The molecule has 0 saturated heterocycles. The van der Waals surface area contributed by atoms with Crippen molar-refractivity contribution in [2.24, 2.45) is 4.99 Å². The van der Waals surface area contributed by atoms with Crippen LogP contribution in [-0.2, 0) is 12.0 Å². The van der Waals surface area contributed by atoms with E-state index in [1.807, 2.05) is 24.3 Å². The number of aromatic nitrogens is 1. The highest BCUT2D eigenvalue weighted by Gasteiger charge is 2.14. The normalized spacial score (nSPS) is 12.8. The van der Waals surface area contributed by atoms with Gasteiger partial charge in [0.2, 0.25) is 0 Å². The molecule has 0 saturated carbocycles. The third-order valence-electron chi connectivity index (χ3n) is 4.81. The van der Waals surface area contributed by atoms with Crippen molar-refractivity contribution in [2.75, 3.05) is 0 Å². The predicted molar refractivity (Wildman–Crippen MR) is 110 cm³/mol. The van der Waals surface area contributed by atoms with Crippen molar-refractivity contribution in [2.45, 2.75) is 53.5 Å². The van der Waals surface area contributed by atoms with Gasteiger partial charge < -0.3 is 4.57 Å². The Bertz CT molecular complexity index is 1030. The summed E-state index contributed by atoms with van der Waals surface area (Å²) >= 11 is 1.58. The van der Waals surface area contributed by atoms with E-state index in [0.29, 0.717) is 5.56 Å². The van der Waals surface area contributed by atoms with Crippen molar-refractivity contribution in [3.05, 3.63) is 63.5 Å². The molecule has 4 heteroatoms. The molecule has 0 aliphatic heterocycles. The quantitative estimate of drug-likeness (QED) is 0.600. The van der Waals surface area contributed by atoms with Gasteiger partial charge in [0.25, 0.3) is 5.91 Å². The average Bonchev–Trinajstić information content (AvgIpc) is 2.90.